The summed E-state index contributed by atoms with van der Waals surface area (Å²) < 4.78 is 4.73. The largest absolute Gasteiger partial charge is 0.394 e. The van der Waals surface area contributed by atoms with Crippen LogP contribution in [0.25, 0.3) is 0 Å². The molecule has 0 atom stereocenters. The van der Waals surface area contributed by atoms with Gasteiger partial charge in [-0.1, -0.05) is 6.58 Å². The number of nitriles is 1. The van der Waals surface area contributed by atoms with Crippen molar-refractivity contribution in [1.29, 1.82) is 5.26 Å². The topological polar surface area (TPSA) is 53.2 Å². The van der Waals surface area contributed by atoms with Gasteiger partial charge in [0.15, 0.2) is 0 Å². The van der Waals surface area contributed by atoms with Crippen LogP contribution >= 0.6 is 0 Å². The van der Waals surface area contributed by atoms with Crippen molar-refractivity contribution in [3.05, 3.63) is 12.7 Å². The molecule has 0 spiro atoms. The highest BCUT2D eigenvalue weighted by Crippen LogP contribution is 1.66. The third kappa shape index (κ3) is 27.3. The van der Waals surface area contributed by atoms with Crippen LogP contribution < -0.4 is 0 Å². The molecule has 0 fully saturated rings. The third-order valence-corrected chi connectivity index (χ3v) is 0.531. The molecule has 0 radical (unpaired) electrons. The molecule has 58 valence electrons. The fraction of sp³-hybridized carbons (Fsp3) is 0.571. The van der Waals surface area contributed by atoms with E-state index in [1.165, 1.54) is 6.08 Å². The number of nitrogens with zero attached hydrogens (tertiary/aromatic N) is 1. The molecule has 0 saturated carbocycles. The Bertz CT molecular complexity index is 92.3. The van der Waals surface area contributed by atoms with Crippen LogP contribution in [-0.4, -0.2) is 24.9 Å². The summed E-state index contributed by atoms with van der Waals surface area (Å²) in [5.74, 6) is 0. The van der Waals surface area contributed by atoms with Gasteiger partial charge in [0.1, 0.15) is 0 Å². The van der Waals surface area contributed by atoms with E-state index >= 15 is 0 Å². The zero-order valence-corrected chi connectivity index (χ0v) is 6.21. The summed E-state index contributed by atoms with van der Waals surface area (Å²) in [5.41, 5.74) is 0. The molecule has 0 aromatic heterocycles. The lowest BCUT2D eigenvalue weighted by Gasteiger charge is -1.91. The van der Waals surface area contributed by atoms with Gasteiger partial charge in [-0.05, 0) is 6.92 Å². The van der Waals surface area contributed by atoms with Gasteiger partial charge in [0, 0.05) is 12.7 Å². The molecular weight excluding hydrogens is 130 g/mol. The van der Waals surface area contributed by atoms with Gasteiger partial charge in [-0.25, -0.2) is 0 Å². The summed E-state index contributed by atoms with van der Waals surface area (Å²) in [6.07, 6.45) is 1.18. The van der Waals surface area contributed by atoms with Crippen molar-refractivity contribution in [3.63, 3.8) is 0 Å². The van der Waals surface area contributed by atoms with Crippen LogP contribution in [0.3, 0.4) is 0 Å². The second kappa shape index (κ2) is 15.7. The first-order valence-electron chi connectivity index (χ1n) is 3.02. The molecule has 1 N–H and O–H groups in total. The molecule has 3 nitrogen and oxygen atoms in total. The minimum Gasteiger partial charge on any atom is -0.394 e. The summed E-state index contributed by atoms with van der Waals surface area (Å²) >= 11 is 0. The van der Waals surface area contributed by atoms with Crippen molar-refractivity contribution in [1.82, 2.24) is 0 Å². The van der Waals surface area contributed by atoms with Crippen molar-refractivity contribution in [2.45, 2.75) is 6.92 Å². The number of rotatable bonds is 3. The first-order valence-corrected chi connectivity index (χ1v) is 3.02. The maximum absolute atomic E-state index is 8.07. The van der Waals surface area contributed by atoms with E-state index < -0.39 is 0 Å². The minimum absolute atomic E-state index is 0.133. The Morgan fingerprint density at radius 2 is 2.30 bits per heavy atom. The molecule has 0 bridgehead atoms. The monoisotopic (exact) mass is 143 g/mol. The Labute approximate surface area is 61.5 Å². The zero-order chi connectivity index (χ0) is 8.24. The predicted octanol–water partition coefficient (Wildman–Crippen LogP) is 0.711. The molecule has 0 unspecified atom stereocenters. The van der Waals surface area contributed by atoms with E-state index in [0.717, 1.165) is 0 Å². The first-order chi connectivity index (χ1) is 4.83. The second-order valence-corrected chi connectivity index (χ2v) is 1.25. The summed E-state index contributed by atoms with van der Waals surface area (Å²) in [4.78, 5) is 0. The Hall–Kier alpha value is -0.850. The summed E-state index contributed by atoms with van der Waals surface area (Å²) in [6, 6.07) is 1.69. The molecule has 0 saturated heterocycles. The summed E-state index contributed by atoms with van der Waals surface area (Å²) in [6.45, 7) is 6.31. The van der Waals surface area contributed by atoms with Crippen molar-refractivity contribution in [3.8, 4) is 6.07 Å². The average molecular weight is 143 g/mol. The van der Waals surface area contributed by atoms with Gasteiger partial charge in [0.05, 0.1) is 19.3 Å². The van der Waals surface area contributed by atoms with Crippen LogP contribution in [0.2, 0.25) is 0 Å². The molecule has 0 aromatic carbocycles. The quantitative estimate of drug-likeness (QED) is 0.467. The lowest BCUT2D eigenvalue weighted by Crippen LogP contribution is -1.96. The van der Waals surface area contributed by atoms with Crippen LogP contribution in [-0.2, 0) is 4.74 Å². The van der Waals surface area contributed by atoms with Gasteiger partial charge in [-0.15, -0.1) is 0 Å². The Morgan fingerprint density at radius 3 is 2.40 bits per heavy atom. The molecule has 0 aliphatic carbocycles. The SMILES string of the molecule is C=CC#N.CCOCCO. The van der Waals surface area contributed by atoms with Gasteiger partial charge in [0.2, 0.25) is 0 Å². The van der Waals surface area contributed by atoms with Crippen molar-refractivity contribution in [2.24, 2.45) is 0 Å². The number of aliphatic hydroxyl groups excluding tert-OH is 1. The van der Waals surface area contributed by atoms with E-state index in [2.05, 4.69) is 6.58 Å². The third-order valence-electron chi connectivity index (χ3n) is 0.531. The van der Waals surface area contributed by atoms with Gasteiger partial charge in [-0.2, -0.15) is 5.26 Å². The molecule has 0 rings (SSSR count). The molecule has 10 heavy (non-hydrogen) atoms. The number of hydrogen-bond acceptors (Lipinski definition) is 3. The van der Waals surface area contributed by atoms with Crippen molar-refractivity contribution < 1.29 is 9.84 Å². The average Bonchev–Trinajstić information content (AvgIpc) is 2.01. The van der Waals surface area contributed by atoms with Gasteiger partial charge in [-0.3, -0.25) is 0 Å². The highest BCUT2D eigenvalue weighted by Gasteiger charge is 1.73. The lowest BCUT2D eigenvalue weighted by atomic mass is 10.8. The number of hydrogen-bond donors (Lipinski definition) is 1. The van der Waals surface area contributed by atoms with Crippen molar-refractivity contribution in [2.75, 3.05) is 19.8 Å². The van der Waals surface area contributed by atoms with Crippen LogP contribution in [0.5, 0.6) is 0 Å². The number of ether oxygens (including phenoxy) is 1. The van der Waals surface area contributed by atoms with Crippen LogP contribution in [0.1, 0.15) is 6.92 Å². The Balaban J connectivity index is 0. The van der Waals surface area contributed by atoms with Crippen molar-refractivity contribution >= 4 is 0 Å². The van der Waals surface area contributed by atoms with E-state index in [4.69, 9.17) is 15.1 Å². The number of aliphatic hydroxyl groups is 1. The molecule has 0 amide bonds. The van der Waals surface area contributed by atoms with E-state index in [9.17, 15) is 0 Å². The summed E-state index contributed by atoms with van der Waals surface area (Å²) in [7, 11) is 0. The fourth-order valence-electron chi connectivity index (χ4n) is 0.209. The zero-order valence-electron chi connectivity index (χ0n) is 6.21. The van der Waals surface area contributed by atoms with E-state index in [1.807, 2.05) is 6.92 Å². The predicted molar refractivity (Wildman–Crippen MR) is 39.4 cm³/mol. The standard InChI is InChI=1S/C4H10O2.C3H3N/c1-2-6-4-3-5;1-2-3-4/h5H,2-4H2,1H3;2H,1H2. The summed E-state index contributed by atoms with van der Waals surface area (Å²) in [5, 5.41) is 15.6. The van der Waals surface area contributed by atoms with Crippen LogP contribution in [0.15, 0.2) is 12.7 Å². The highest BCUT2D eigenvalue weighted by atomic mass is 16.5. The molecule has 3 heteroatoms. The van der Waals surface area contributed by atoms with E-state index in [0.29, 0.717) is 13.2 Å². The molecule has 0 aliphatic rings. The normalized spacial score (nSPS) is 6.90. The van der Waals surface area contributed by atoms with E-state index in [1.54, 1.807) is 6.07 Å². The lowest BCUT2D eigenvalue weighted by molar-refractivity contribution is 0.102. The minimum atomic E-state index is 0.133. The molecule has 0 aliphatic heterocycles. The molecule has 0 heterocycles. The van der Waals surface area contributed by atoms with Gasteiger partial charge < -0.3 is 9.84 Å². The Kier molecular flexibility index (Phi) is 18.7. The van der Waals surface area contributed by atoms with E-state index in [-0.39, 0.29) is 6.61 Å². The Morgan fingerprint density at radius 1 is 1.80 bits per heavy atom. The van der Waals surface area contributed by atoms with Crippen LogP contribution in [0.4, 0.5) is 0 Å². The maximum Gasteiger partial charge on any atom is 0.0905 e. The maximum atomic E-state index is 8.07. The smallest absolute Gasteiger partial charge is 0.0905 e. The fourth-order valence-corrected chi connectivity index (χ4v) is 0.209. The molecular formula is C7H13NO2. The second-order valence-electron chi connectivity index (χ2n) is 1.25. The van der Waals surface area contributed by atoms with Crippen LogP contribution in [0, 0.1) is 11.3 Å². The van der Waals surface area contributed by atoms with Gasteiger partial charge in [0.25, 0.3) is 0 Å². The highest BCUT2D eigenvalue weighted by molar-refractivity contribution is 4.93. The molecule has 0 aromatic rings. The first kappa shape index (κ1) is 11.9. The number of allylic oxidation sites excluding steroid dienone is 1. The van der Waals surface area contributed by atoms with Gasteiger partial charge >= 0.3 is 0 Å².